The van der Waals surface area contributed by atoms with Gasteiger partial charge in [-0.25, -0.2) is 0 Å². The van der Waals surface area contributed by atoms with E-state index in [4.69, 9.17) is 13.8 Å². The van der Waals surface area contributed by atoms with Crippen molar-refractivity contribution in [1.29, 1.82) is 0 Å². The minimum Gasteiger partial charge on any atom is -0.460 e. The zero-order chi connectivity index (χ0) is 25.8. The van der Waals surface area contributed by atoms with Crippen LogP contribution >= 0.6 is 8.60 Å². The molecule has 0 bridgehead atoms. The number of carbonyl (C=O) groups is 1. The molecular weight excluding hydrogens is 461 g/mol. The molecule has 0 spiro atoms. The molecule has 0 rings (SSSR count). The lowest BCUT2D eigenvalue weighted by Gasteiger charge is -2.19. The first kappa shape index (κ1) is 34.7. The Morgan fingerprint density at radius 1 is 0.743 bits per heavy atom. The van der Waals surface area contributed by atoms with Gasteiger partial charge in [0.05, 0.1) is 13.2 Å². The molecule has 0 amide bonds. The first-order chi connectivity index (χ1) is 17.1. The summed E-state index contributed by atoms with van der Waals surface area (Å²) in [6.45, 7) is 5.47. The lowest BCUT2D eigenvalue weighted by Crippen LogP contribution is -2.23. The van der Waals surface area contributed by atoms with Crippen LogP contribution in [0.2, 0.25) is 0 Å². The van der Waals surface area contributed by atoms with Gasteiger partial charge >= 0.3 is 14.6 Å². The summed E-state index contributed by atoms with van der Waals surface area (Å²) in [7, 11) is -0.104. The van der Waals surface area contributed by atoms with Gasteiger partial charge in [-0.15, -0.1) is 0 Å². The monoisotopic (exact) mass is 519 g/mol. The number of hydrogen-bond acceptors (Lipinski definition) is 6. The zero-order valence-electron chi connectivity index (χ0n) is 23.4. The third kappa shape index (κ3) is 26.6. The summed E-state index contributed by atoms with van der Waals surface area (Å²) < 4.78 is 16.2. The fourth-order valence-electron chi connectivity index (χ4n) is 4.13. The van der Waals surface area contributed by atoms with E-state index in [-0.39, 0.29) is 18.7 Å². The fraction of sp³-hybridized carbons (Fsp3) is 0.964. The average Bonchev–Trinajstić information content (AvgIpc) is 2.84. The molecule has 210 valence electrons. The van der Waals surface area contributed by atoms with Gasteiger partial charge in [0.2, 0.25) is 0 Å². The highest BCUT2D eigenvalue weighted by Gasteiger charge is 2.17. The second-order valence-corrected chi connectivity index (χ2v) is 10.8. The van der Waals surface area contributed by atoms with Crippen LogP contribution in [0.1, 0.15) is 142 Å². The van der Waals surface area contributed by atoms with Crippen molar-refractivity contribution in [2.45, 2.75) is 148 Å². The van der Waals surface area contributed by atoms with Crippen molar-refractivity contribution >= 4 is 14.6 Å². The van der Waals surface area contributed by atoms with E-state index in [1.165, 1.54) is 96.3 Å². The fourth-order valence-corrected chi connectivity index (χ4v) is 4.75. The molecule has 0 fully saturated rings. The molecule has 0 aromatic heterocycles. The van der Waals surface area contributed by atoms with E-state index in [0.717, 1.165) is 25.7 Å². The van der Waals surface area contributed by atoms with Gasteiger partial charge in [0.1, 0.15) is 6.10 Å². The minimum atomic E-state index is -1.93. The molecule has 2 N–H and O–H groups in total. The standard InChI is InChI=1S/C28H58NO5P/c1-4-6-7-8-9-10-11-12-13-14-15-16-17-18-19-20-21-23-27(34-28(30)22-5-2)26-33-35(31)32-25-24-29-3/h27,29,31H,4-26H2,1-3H3. The van der Waals surface area contributed by atoms with E-state index in [2.05, 4.69) is 12.2 Å². The topological polar surface area (TPSA) is 77.0 Å². The van der Waals surface area contributed by atoms with Crippen LogP contribution in [0, 0.1) is 0 Å². The number of hydrogen-bond donors (Lipinski definition) is 2. The zero-order valence-corrected chi connectivity index (χ0v) is 24.3. The van der Waals surface area contributed by atoms with E-state index >= 15 is 0 Å². The van der Waals surface area contributed by atoms with Crippen molar-refractivity contribution in [3.05, 3.63) is 0 Å². The smallest absolute Gasteiger partial charge is 0.330 e. The minimum absolute atomic E-state index is 0.188. The van der Waals surface area contributed by atoms with Crippen LogP contribution in [-0.2, 0) is 18.6 Å². The number of esters is 1. The van der Waals surface area contributed by atoms with Crippen LogP contribution in [0.4, 0.5) is 0 Å². The van der Waals surface area contributed by atoms with Crippen LogP contribution in [0.25, 0.3) is 0 Å². The summed E-state index contributed by atoms with van der Waals surface area (Å²) in [5.74, 6) is -0.188. The summed E-state index contributed by atoms with van der Waals surface area (Å²) in [6.07, 6.45) is 24.5. The van der Waals surface area contributed by atoms with E-state index in [9.17, 15) is 9.69 Å². The number of nitrogens with one attached hydrogen (secondary N) is 1. The molecule has 35 heavy (non-hydrogen) atoms. The van der Waals surface area contributed by atoms with E-state index < -0.39 is 8.60 Å². The van der Waals surface area contributed by atoms with Gasteiger partial charge in [0.25, 0.3) is 0 Å². The second-order valence-electron chi connectivity index (χ2n) is 9.78. The summed E-state index contributed by atoms with van der Waals surface area (Å²) in [4.78, 5) is 21.8. The Labute approximate surface area is 218 Å². The molecule has 0 saturated heterocycles. The molecule has 6 nitrogen and oxygen atoms in total. The summed E-state index contributed by atoms with van der Waals surface area (Å²) in [5, 5.41) is 2.95. The van der Waals surface area contributed by atoms with Crippen LogP contribution in [0.3, 0.4) is 0 Å². The van der Waals surface area contributed by atoms with Crippen molar-refractivity contribution in [3.63, 3.8) is 0 Å². The van der Waals surface area contributed by atoms with Gasteiger partial charge < -0.3 is 24.0 Å². The first-order valence-corrected chi connectivity index (χ1v) is 15.9. The van der Waals surface area contributed by atoms with Gasteiger partial charge in [0.15, 0.2) is 0 Å². The Morgan fingerprint density at radius 3 is 1.69 bits per heavy atom. The molecule has 0 aliphatic carbocycles. The van der Waals surface area contributed by atoms with Gasteiger partial charge in [-0.1, -0.05) is 117 Å². The van der Waals surface area contributed by atoms with Gasteiger partial charge in [0, 0.05) is 13.0 Å². The summed E-state index contributed by atoms with van der Waals surface area (Å²) in [5.41, 5.74) is 0. The van der Waals surface area contributed by atoms with Crippen molar-refractivity contribution in [2.24, 2.45) is 0 Å². The normalized spacial score (nSPS) is 13.1. The van der Waals surface area contributed by atoms with Gasteiger partial charge in [-0.05, 0) is 26.3 Å². The van der Waals surface area contributed by atoms with Crippen molar-refractivity contribution < 1.29 is 23.5 Å². The number of ether oxygens (including phenoxy) is 1. The number of rotatable bonds is 28. The molecule has 2 unspecified atom stereocenters. The highest BCUT2D eigenvalue weighted by molar-refractivity contribution is 7.40. The maximum Gasteiger partial charge on any atom is 0.330 e. The molecule has 0 saturated carbocycles. The maximum absolute atomic E-state index is 11.9. The lowest BCUT2D eigenvalue weighted by atomic mass is 10.0. The molecule has 0 heterocycles. The number of likely N-dealkylation sites (N-methyl/N-ethyl adjacent to an activating group) is 1. The predicted molar refractivity (Wildman–Crippen MR) is 149 cm³/mol. The molecule has 0 aliphatic rings. The summed E-state index contributed by atoms with van der Waals surface area (Å²) in [6, 6.07) is 0. The summed E-state index contributed by atoms with van der Waals surface area (Å²) >= 11 is 0. The third-order valence-corrected chi connectivity index (χ3v) is 7.08. The Balaban J connectivity index is 3.69. The van der Waals surface area contributed by atoms with Gasteiger partial charge in [-0.3, -0.25) is 4.79 Å². The Bertz CT molecular complexity index is 442. The highest BCUT2D eigenvalue weighted by Crippen LogP contribution is 2.33. The van der Waals surface area contributed by atoms with Crippen LogP contribution in [0.15, 0.2) is 0 Å². The molecule has 0 radical (unpaired) electrons. The van der Waals surface area contributed by atoms with E-state index in [1.54, 1.807) is 0 Å². The van der Waals surface area contributed by atoms with E-state index in [0.29, 0.717) is 19.6 Å². The largest absolute Gasteiger partial charge is 0.460 e. The third-order valence-electron chi connectivity index (χ3n) is 6.31. The second kappa shape index (κ2) is 28.3. The SMILES string of the molecule is CCCCCCCCCCCCCCCCCCCC(COP(O)OCCNC)OC(=O)CCC. The molecule has 0 aromatic carbocycles. The molecule has 0 aromatic rings. The van der Waals surface area contributed by atoms with Crippen LogP contribution < -0.4 is 5.32 Å². The average molecular weight is 520 g/mol. The van der Waals surface area contributed by atoms with Crippen molar-refractivity contribution in [1.82, 2.24) is 5.32 Å². The number of carbonyl (C=O) groups excluding carboxylic acids is 1. The quantitative estimate of drug-likeness (QED) is 0.0616. The number of unbranched alkanes of at least 4 members (excludes halogenated alkanes) is 16. The highest BCUT2D eigenvalue weighted by atomic mass is 31.2. The Hall–Kier alpha value is -0.260. The Morgan fingerprint density at radius 2 is 1.23 bits per heavy atom. The maximum atomic E-state index is 11.9. The van der Waals surface area contributed by atoms with E-state index in [1.807, 2.05) is 14.0 Å². The van der Waals surface area contributed by atoms with Gasteiger partial charge in [-0.2, -0.15) is 0 Å². The lowest BCUT2D eigenvalue weighted by molar-refractivity contribution is -0.151. The Kier molecular flexibility index (Phi) is 28.1. The van der Waals surface area contributed by atoms with Crippen molar-refractivity contribution in [3.8, 4) is 0 Å². The predicted octanol–water partition coefficient (Wildman–Crippen LogP) is 8.21. The molecule has 7 heteroatoms. The van der Waals surface area contributed by atoms with Crippen LogP contribution in [-0.4, -0.2) is 43.8 Å². The molecular formula is C28H58NO5P. The first-order valence-electron chi connectivity index (χ1n) is 14.7. The van der Waals surface area contributed by atoms with Crippen LogP contribution in [0.5, 0.6) is 0 Å². The molecule has 2 atom stereocenters. The molecule has 0 aliphatic heterocycles. The van der Waals surface area contributed by atoms with Crippen molar-refractivity contribution in [2.75, 3.05) is 26.8 Å².